The van der Waals surface area contributed by atoms with Gasteiger partial charge >= 0.3 is 0 Å². The SMILES string of the molecule is CCC(CC)(CO)CNCc1cn2ccccc2n1. The first kappa shape index (κ1) is 14.0. The van der Waals surface area contributed by atoms with E-state index >= 15 is 0 Å². The summed E-state index contributed by atoms with van der Waals surface area (Å²) in [4.78, 5) is 4.55. The first-order chi connectivity index (χ1) is 9.23. The lowest BCUT2D eigenvalue weighted by molar-refractivity contribution is 0.113. The van der Waals surface area contributed by atoms with Gasteiger partial charge in [0, 0.05) is 37.5 Å². The molecule has 0 saturated heterocycles. The first-order valence-corrected chi connectivity index (χ1v) is 6.97. The van der Waals surface area contributed by atoms with Crippen molar-refractivity contribution in [3.05, 3.63) is 36.3 Å². The summed E-state index contributed by atoms with van der Waals surface area (Å²) in [7, 11) is 0. The monoisotopic (exact) mass is 261 g/mol. The number of aliphatic hydroxyl groups is 1. The average molecular weight is 261 g/mol. The minimum Gasteiger partial charge on any atom is -0.396 e. The molecule has 0 aliphatic heterocycles. The van der Waals surface area contributed by atoms with Crippen LogP contribution in [0.25, 0.3) is 5.65 Å². The molecule has 0 aliphatic rings. The van der Waals surface area contributed by atoms with Crippen molar-refractivity contribution in [1.29, 1.82) is 0 Å². The number of rotatable bonds is 7. The predicted octanol–water partition coefficient (Wildman–Crippen LogP) is 2.22. The van der Waals surface area contributed by atoms with Crippen LogP contribution >= 0.6 is 0 Å². The maximum absolute atomic E-state index is 9.53. The summed E-state index contributed by atoms with van der Waals surface area (Å²) < 4.78 is 2.02. The summed E-state index contributed by atoms with van der Waals surface area (Å²) in [6, 6.07) is 5.99. The standard InChI is InChI=1S/C15H23N3O/c1-3-15(4-2,12-19)11-16-9-13-10-18-8-6-5-7-14(18)17-13/h5-8,10,16,19H,3-4,9,11-12H2,1-2H3. The third-order valence-electron chi connectivity index (χ3n) is 4.06. The summed E-state index contributed by atoms with van der Waals surface area (Å²) >= 11 is 0. The van der Waals surface area contributed by atoms with Crippen molar-refractivity contribution in [1.82, 2.24) is 14.7 Å². The fraction of sp³-hybridized carbons (Fsp3) is 0.533. The van der Waals surface area contributed by atoms with Crippen LogP contribution in [0.2, 0.25) is 0 Å². The molecule has 0 unspecified atom stereocenters. The topological polar surface area (TPSA) is 49.6 Å². The Morgan fingerprint density at radius 1 is 1.32 bits per heavy atom. The Balaban J connectivity index is 1.95. The van der Waals surface area contributed by atoms with Gasteiger partial charge in [0.2, 0.25) is 0 Å². The van der Waals surface area contributed by atoms with Crippen LogP contribution in [0, 0.1) is 5.41 Å². The second kappa shape index (κ2) is 6.17. The Labute approximate surface area is 114 Å². The van der Waals surface area contributed by atoms with Gasteiger partial charge in [-0.15, -0.1) is 0 Å². The van der Waals surface area contributed by atoms with Gasteiger partial charge in [0.05, 0.1) is 5.69 Å². The summed E-state index contributed by atoms with van der Waals surface area (Å²) in [5, 5.41) is 12.9. The Kier molecular flexibility index (Phi) is 4.56. The van der Waals surface area contributed by atoms with E-state index in [1.54, 1.807) is 0 Å². The smallest absolute Gasteiger partial charge is 0.137 e. The van der Waals surface area contributed by atoms with Crippen LogP contribution < -0.4 is 5.32 Å². The summed E-state index contributed by atoms with van der Waals surface area (Å²) in [6.07, 6.45) is 6.01. The molecule has 0 atom stereocenters. The molecule has 0 aliphatic carbocycles. The van der Waals surface area contributed by atoms with E-state index in [9.17, 15) is 5.11 Å². The lowest BCUT2D eigenvalue weighted by Gasteiger charge is -2.29. The van der Waals surface area contributed by atoms with E-state index < -0.39 is 0 Å². The summed E-state index contributed by atoms with van der Waals surface area (Å²) in [5.41, 5.74) is 2.00. The molecule has 2 aromatic rings. The Morgan fingerprint density at radius 2 is 2.11 bits per heavy atom. The molecule has 0 saturated carbocycles. The van der Waals surface area contributed by atoms with Gasteiger partial charge in [0.1, 0.15) is 5.65 Å². The van der Waals surface area contributed by atoms with Crippen LogP contribution in [0.15, 0.2) is 30.6 Å². The minimum atomic E-state index is -0.000835. The molecule has 19 heavy (non-hydrogen) atoms. The van der Waals surface area contributed by atoms with Gasteiger partial charge in [0.15, 0.2) is 0 Å². The summed E-state index contributed by atoms with van der Waals surface area (Å²) in [6.45, 7) is 6.06. The van der Waals surface area contributed by atoms with Crippen LogP contribution in [0.3, 0.4) is 0 Å². The van der Waals surface area contributed by atoms with E-state index in [0.29, 0.717) is 0 Å². The second-order valence-corrected chi connectivity index (χ2v) is 5.17. The van der Waals surface area contributed by atoms with Gasteiger partial charge in [-0.3, -0.25) is 0 Å². The molecule has 104 valence electrons. The molecule has 0 radical (unpaired) electrons. The molecule has 2 aromatic heterocycles. The van der Waals surface area contributed by atoms with Gasteiger partial charge in [-0.25, -0.2) is 4.98 Å². The van der Waals surface area contributed by atoms with Crippen molar-refractivity contribution in [3.63, 3.8) is 0 Å². The fourth-order valence-electron chi connectivity index (χ4n) is 2.31. The molecule has 2 rings (SSSR count). The molecule has 0 aromatic carbocycles. The van der Waals surface area contributed by atoms with Gasteiger partial charge in [0.25, 0.3) is 0 Å². The molecule has 4 heteroatoms. The van der Waals surface area contributed by atoms with Crippen molar-refractivity contribution in [2.24, 2.45) is 5.41 Å². The predicted molar refractivity (Wildman–Crippen MR) is 77.0 cm³/mol. The molecule has 4 nitrogen and oxygen atoms in total. The van der Waals surface area contributed by atoms with Crippen molar-refractivity contribution >= 4 is 5.65 Å². The highest BCUT2D eigenvalue weighted by molar-refractivity contribution is 5.39. The maximum atomic E-state index is 9.53. The fourth-order valence-corrected chi connectivity index (χ4v) is 2.31. The number of nitrogens with zero attached hydrogens (tertiary/aromatic N) is 2. The van der Waals surface area contributed by atoms with Crippen molar-refractivity contribution < 1.29 is 5.11 Å². The van der Waals surface area contributed by atoms with Crippen molar-refractivity contribution in [2.75, 3.05) is 13.2 Å². The zero-order valence-corrected chi connectivity index (χ0v) is 11.8. The Hall–Kier alpha value is -1.39. The lowest BCUT2D eigenvalue weighted by Crippen LogP contribution is -2.36. The number of hydrogen-bond donors (Lipinski definition) is 2. The van der Waals surface area contributed by atoms with Gasteiger partial charge < -0.3 is 14.8 Å². The van der Waals surface area contributed by atoms with E-state index in [1.807, 2.05) is 35.0 Å². The highest BCUT2D eigenvalue weighted by Crippen LogP contribution is 2.24. The van der Waals surface area contributed by atoms with E-state index in [1.165, 1.54) is 0 Å². The van der Waals surface area contributed by atoms with E-state index in [-0.39, 0.29) is 12.0 Å². The van der Waals surface area contributed by atoms with Crippen molar-refractivity contribution in [3.8, 4) is 0 Å². The van der Waals surface area contributed by atoms with E-state index in [0.717, 1.165) is 37.3 Å². The van der Waals surface area contributed by atoms with Crippen molar-refractivity contribution in [2.45, 2.75) is 33.2 Å². The Morgan fingerprint density at radius 3 is 2.74 bits per heavy atom. The van der Waals surface area contributed by atoms with E-state index in [2.05, 4.69) is 24.1 Å². The molecule has 0 amide bonds. The van der Waals surface area contributed by atoms with Gasteiger partial charge in [-0.2, -0.15) is 0 Å². The molecular weight excluding hydrogens is 238 g/mol. The number of pyridine rings is 1. The van der Waals surface area contributed by atoms with Crippen LogP contribution in [0.1, 0.15) is 32.4 Å². The minimum absolute atomic E-state index is 0.000835. The quantitative estimate of drug-likeness (QED) is 0.803. The lowest BCUT2D eigenvalue weighted by atomic mass is 9.83. The number of imidazole rings is 1. The zero-order chi connectivity index (χ0) is 13.7. The molecule has 0 fully saturated rings. The number of hydrogen-bond acceptors (Lipinski definition) is 3. The second-order valence-electron chi connectivity index (χ2n) is 5.17. The average Bonchev–Trinajstić information content (AvgIpc) is 2.87. The molecule has 2 heterocycles. The molecule has 0 bridgehead atoms. The molecular formula is C15H23N3O. The number of fused-ring (bicyclic) bond motifs is 1. The number of nitrogens with one attached hydrogen (secondary N) is 1. The largest absolute Gasteiger partial charge is 0.396 e. The third-order valence-corrected chi connectivity index (χ3v) is 4.06. The highest BCUT2D eigenvalue weighted by atomic mass is 16.3. The number of aromatic nitrogens is 2. The van der Waals surface area contributed by atoms with Crippen LogP contribution in [0.4, 0.5) is 0 Å². The third kappa shape index (κ3) is 3.14. The summed E-state index contributed by atoms with van der Waals surface area (Å²) in [5.74, 6) is 0. The van der Waals surface area contributed by atoms with Crippen LogP contribution in [-0.2, 0) is 6.54 Å². The molecule has 0 spiro atoms. The van der Waals surface area contributed by atoms with Gasteiger partial charge in [-0.1, -0.05) is 19.9 Å². The Bertz CT molecular complexity index is 476. The van der Waals surface area contributed by atoms with E-state index in [4.69, 9.17) is 0 Å². The van der Waals surface area contributed by atoms with Gasteiger partial charge in [-0.05, 0) is 25.0 Å². The van der Waals surface area contributed by atoms with Crippen LogP contribution in [0.5, 0.6) is 0 Å². The molecule has 2 N–H and O–H groups in total. The van der Waals surface area contributed by atoms with Crippen LogP contribution in [-0.4, -0.2) is 27.6 Å². The number of aliphatic hydroxyl groups excluding tert-OH is 1. The highest BCUT2D eigenvalue weighted by Gasteiger charge is 2.24. The normalized spacial score (nSPS) is 12.2. The first-order valence-electron chi connectivity index (χ1n) is 6.97. The zero-order valence-electron chi connectivity index (χ0n) is 11.8. The maximum Gasteiger partial charge on any atom is 0.137 e.